The highest BCUT2D eigenvalue weighted by Crippen LogP contribution is 2.40. The Kier molecular flexibility index (Phi) is 11.6. The number of ether oxygens (including phenoxy) is 2. The molecule has 1 aromatic carbocycles. The minimum atomic E-state index is -1.96. The van der Waals surface area contributed by atoms with Gasteiger partial charge in [0.05, 0.1) is 28.8 Å². The van der Waals surface area contributed by atoms with Crippen LogP contribution in [-0.4, -0.2) is 81.3 Å². The zero-order valence-electron chi connectivity index (χ0n) is 29.0. The fourth-order valence-electron chi connectivity index (χ4n) is 5.52. The highest BCUT2D eigenvalue weighted by atomic mass is 32.1. The summed E-state index contributed by atoms with van der Waals surface area (Å²) in [5.74, 6) is -1.53. The van der Waals surface area contributed by atoms with Crippen molar-refractivity contribution >= 4 is 35.0 Å². The van der Waals surface area contributed by atoms with Gasteiger partial charge < -0.3 is 30.1 Å². The molecule has 1 saturated carbocycles. The molecule has 264 valence electrons. The molecule has 3 amide bonds. The molecule has 0 bridgehead atoms. The van der Waals surface area contributed by atoms with Crippen LogP contribution in [0.25, 0.3) is 10.4 Å². The van der Waals surface area contributed by atoms with Gasteiger partial charge in [-0.2, -0.15) is 0 Å². The lowest BCUT2D eigenvalue weighted by molar-refractivity contribution is -0.155. The maximum Gasteiger partial charge on any atom is 0.306 e. The van der Waals surface area contributed by atoms with Gasteiger partial charge in [0.2, 0.25) is 11.8 Å². The number of aliphatic hydroxyl groups excluding tert-OH is 1. The number of nitrogens with one attached hydrogen (secondary N) is 2. The first kappa shape index (κ1) is 37.2. The van der Waals surface area contributed by atoms with E-state index in [0.29, 0.717) is 30.8 Å². The first-order valence-corrected chi connectivity index (χ1v) is 17.4. The molecule has 2 aromatic rings. The summed E-state index contributed by atoms with van der Waals surface area (Å²) in [6.45, 7) is 13.0. The minimum absolute atomic E-state index is 0.0278. The van der Waals surface area contributed by atoms with E-state index in [-0.39, 0.29) is 44.7 Å². The topological polar surface area (TPSA) is 147 Å². The Hall–Kier alpha value is -3.58. The predicted molar refractivity (Wildman–Crippen MR) is 180 cm³/mol. The van der Waals surface area contributed by atoms with Crippen molar-refractivity contribution in [2.75, 3.05) is 13.2 Å². The van der Waals surface area contributed by atoms with Crippen molar-refractivity contribution in [2.24, 2.45) is 5.41 Å². The Bertz CT molecular complexity index is 1490. The smallest absolute Gasteiger partial charge is 0.306 e. The normalized spacial score (nSPS) is 19.4. The number of esters is 1. The first-order chi connectivity index (χ1) is 22.4. The number of unbranched alkanes of at least 4 members (excludes halogenated alkanes) is 1. The fourth-order valence-corrected chi connectivity index (χ4v) is 6.32. The number of rotatable bonds is 13. The second-order valence-electron chi connectivity index (χ2n) is 14.8. The molecule has 2 fully saturated rings. The summed E-state index contributed by atoms with van der Waals surface area (Å²) in [5, 5.41) is 16.0. The van der Waals surface area contributed by atoms with E-state index in [2.05, 4.69) is 15.6 Å². The van der Waals surface area contributed by atoms with Crippen molar-refractivity contribution in [3.63, 3.8) is 0 Å². The lowest BCUT2D eigenvalue weighted by atomic mass is 9.85. The number of β-amino-alcohol motifs (C(OH)–C–C–N with tert-alkyl or cyclic N) is 1. The molecule has 0 radical (unpaired) electrons. The van der Waals surface area contributed by atoms with Gasteiger partial charge in [-0.15, -0.1) is 11.3 Å². The van der Waals surface area contributed by atoms with Gasteiger partial charge in [0, 0.05) is 31.5 Å². The Labute approximate surface area is 286 Å². The highest BCUT2D eigenvalue weighted by molar-refractivity contribution is 7.13. The molecule has 2 heterocycles. The number of carbonyl (C=O) groups excluding carboxylic acids is 4. The van der Waals surface area contributed by atoms with E-state index in [0.717, 1.165) is 16.1 Å². The number of alkyl halides is 1. The van der Waals surface area contributed by atoms with E-state index in [1.165, 1.54) is 16.2 Å². The first-order valence-electron chi connectivity index (χ1n) is 16.5. The van der Waals surface area contributed by atoms with Gasteiger partial charge in [0.1, 0.15) is 23.4 Å². The molecule has 3 atom stereocenters. The quantitative estimate of drug-likeness (QED) is 0.204. The number of halogens is 1. The van der Waals surface area contributed by atoms with E-state index in [9.17, 15) is 28.7 Å². The Morgan fingerprint density at radius 3 is 2.46 bits per heavy atom. The van der Waals surface area contributed by atoms with Crippen LogP contribution >= 0.6 is 11.3 Å². The Morgan fingerprint density at radius 1 is 1.15 bits per heavy atom. The minimum Gasteiger partial charge on any atom is -0.493 e. The molecular formula is C35H49FN4O7S. The highest BCUT2D eigenvalue weighted by Gasteiger charge is 2.53. The average Bonchev–Trinajstić information content (AvgIpc) is 3.40. The van der Waals surface area contributed by atoms with E-state index in [1.54, 1.807) is 26.3 Å². The number of likely N-dealkylation sites (tertiary alicyclic amines) is 1. The maximum atomic E-state index is 14.5. The molecule has 1 saturated heterocycles. The van der Waals surface area contributed by atoms with Gasteiger partial charge >= 0.3 is 5.97 Å². The van der Waals surface area contributed by atoms with Crippen molar-refractivity contribution in [2.45, 2.75) is 123 Å². The second-order valence-corrected chi connectivity index (χ2v) is 15.7. The molecule has 1 aliphatic heterocycles. The van der Waals surface area contributed by atoms with Gasteiger partial charge in [-0.3, -0.25) is 19.2 Å². The number of amides is 3. The number of hydrogen-bond acceptors (Lipinski definition) is 9. The molecule has 2 aliphatic rings. The Morgan fingerprint density at radius 2 is 1.85 bits per heavy atom. The summed E-state index contributed by atoms with van der Waals surface area (Å²) < 4.78 is 26.1. The van der Waals surface area contributed by atoms with Crippen molar-refractivity contribution < 1.29 is 38.1 Å². The molecule has 13 heteroatoms. The molecule has 1 unspecified atom stereocenters. The van der Waals surface area contributed by atoms with Crippen molar-refractivity contribution in [3.8, 4) is 16.2 Å². The molecule has 4 rings (SSSR count). The summed E-state index contributed by atoms with van der Waals surface area (Å²) in [6, 6.07) is 3.63. The van der Waals surface area contributed by atoms with Crippen LogP contribution in [-0.2, 0) is 30.5 Å². The standard InChI is InChI=1S/C35H49FN4O7S/c1-21-28(48-20-38-21)22-11-12-23(26(16-22)46-15-9-8-10-27(42)47-34(5,6)7)18-37-30(43)25-17-24(41)19-40(25)31(44)29(33(2,3)4)39-32(45)35(36)13-14-35/h11-12,16,20,24-25,29,41H,8-10,13-15,17-19H2,1-7H3,(H,37,43)(H,39,45)/t24-,25+,29?/m1/s1. The molecular weight excluding hydrogens is 639 g/mol. The average molecular weight is 689 g/mol. The predicted octanol–water partition coefficient (Wildman–Crippen LogP) is 4.62. The zero-order valence-corrected chi connectivity index (χ0v) is 29.8. The van der Waals surface area contributed by atoms with Crippen LogP contribution in [0.4, 0.5) is 4.39 Å². The molecule has 3 N–H and O–H groups in total. The third-order valence-corrected chi connectivity index (χ3v) is 9.31. The number of aliphatic hydroxyl groups is 1. The SMILES string of the molecule is Cc1ncsc1-c1ccc(CNC(=O)[C@@H]2C[C@@H](O)CN2C(=O)C(NC(=O)C2(F)CC2)C(C)(C)C)c(OCCCCC(=O)OC(C)(C)C)c1. The van der Waals surface area contributed by atoms with Gasteiger partial charge in [-0.1, -0.05) is 32.9 Å². The second kappa shape index (κ2) is 14.9. The van der Waals surface area contributed by atoms with Crippen LogP contribution in [0.3, 0.4) is 0 Å². The number of aryl methyl sites for hydroxylation is 1. The fraction of sp³-hybridized carbons (Fsp3) is 0.629. The molecule has 0 spiro atoms. The van der Waals surface area contributed by atoms with E-state index in [1.807, 2.05) is 45.9 Å². The van der Waals surface area contributed by atoms with Gasteiger partial charge in [-0.25, -0.2) is 9.37 Å². The van der Waals surface area contributed by atoms with Crippen LogP contribution in [0.15, 0.2) is 23.7 Å². The van der Waals surface area contributed by atoms with Crippen molar-refractivity contribution in [3.05, 3.63) is 35.0 Å². The van der Waals surface area contributed by atoms with Crippen molar-refractivity contribution in [1.82, 2.24) is 20.5 Å². The zero-order chi connectivity index (χ0) is 35.4. The van der Waals surface area contributed by atoms with Gasteiger partial charge in [-0.05, 0) is 70.4 Å². The number of hydrogen-bond donors (Lipinski definition) is 3. The lowest BCUT2D eigenvalue weighted by Crippen LogP contribution is -2.59. The third-order valence-electron chi connectivity index (χ3n) is 8.33. The van der Waals surface area contributed by atoms with Crippen molar-refractivity contribution in [1.29, 1.82) is 0 Å². The lowest BCUT2D eigenvalue weighted by Gasteiger charge is -2.35. The van der Waals surface area contributed by atoms with Crippen LogP contribution in [0.5, 0.6) is 5.75 Å². The Balaban J connectivity index is 1.44. The number of aromatic nitrogens is 1. The van der Waals surface area contributed by atoms with Gasteiger partial charge in [0.15, 0.2) is 5.67 Å². The van der Waals surface area contributed by atoms with Crippen LogP contribution in [0.2, 0.25) is 0 Å². The number of carbonyl (C=O) groups is 4. The number of nitrogens with zero attached hydrogens (tertiary/aromatic N) is 2. The molecule has 1 aromatic heterocycles. The van der Waals surface area contributed by atoms with Crippen LogP contribution < -0.4 is 15.4 Å². The summed E-state index contributed by atoms with van der Waals surface area (Å²) in [6.07, 6.45) is 0.796. The van der Waals surface area contributed by atoms with Gasteiger partial charge in [0.25, 0.3) is 5.91 Å². The van der Waals surface area contributed by atoms with E-state index >= 15 is 0 Å². The monoisotopic (exact) mass is 688 g/mol. The summed E-state index contributed by atoms with van der Waals surface area (Å²) in [5.41, 5.74) is 1.01. The molecule has 11 nitrogen and oxygen atoms in total. The molecule has 1 aliphatic carbocycles. The third kappa shape index (κ3) is 9.74. The summed E-state index contributed by atoms with van der Waals surface area (Å²) in [4.78, 5) is 58.6. The number of thiazole rings is 1. The largest absolute Gasteiger partial charge is 0.493 e. The van der Waals surface area contributed by atoms with E-state index < -0.39 is 52.6 Å². The molecule has 48 heavy (non-hydrogen) atoms. The summed E-state index contributed by atoms with van der Waals surface area (Å²) >= 11 is 1.51. The van der Waals surface area contributed by atoms with Crippen LogP contribution in [0.1, 0.15) is 91.3 Å². The number of benzene rings is 1. The summed E-state index contributed by atoms with van der Waals surface area (Å²) in [7, 11) is 0. The van der Waals surface area contributed by atoms with Crippen LogP contribution in [0, 0.1) is 12.3 Å². The van der Waals surface area contributed by atoms with E-state index in [4.69, 9.17) is 9.47 Å². The maximum absolute atomic E-state index is 14.5.